The summed E-state index contributed by atoms with van der Waals surface area (Å²) >= 11 is 1.09. The largest absolute Gasteiger partial charge is 0.480 e. The standard InChI is InChI=1S/C25H24N4O5S/c30-22(31)14-28-9-11-29(12-10-28)23(32)21-13-26-24(35-21)27-25(33)34-15-20-18-7-3-1-5-16(18)17-6-2-4-8-19(17)20/h1-8,13,20H,9-12,14-15H2,(H,30,31)(H,26,27,33). The van der Waals surface area contributed by atoms with E-state index in [0.29, 0.717) is 31.1 Å². The fraction of sp³-hybridized carbons (Fsp3) is 0.280. The summed E-state index contributed by atoms with van der Waals surface area (Å²) in [6.07, 6.45) is 0.817. The fourth-order valence-corrected chi connectivity index (χ4v) is 5.38. The number of thiazole rings is 1. The summed E-state index contributed by atoms with van der Waals surface area (Å²) in [5, 5.41) is 11.8. The molecule has 0 spiro atoms. The van der Waals surface area contributed by atoms with Crippen LogP contribution in [-0.4, -0.2) is 77.2 Å². The SMILES string of the molecule is O=C(O)CN1CCN(C(=O)c2cnc(NC(=O)OCC3c4ccccc4-c4ccccc43)s2)CC1. The molecule has 9 nitrogen and oxygen atoms in total. The average Bonchev–Trinajstić information content (AvgIpc) is 3.45. The van der Waals surface area contributed by atoms with Gasteiger partial charge in [0.05, 0.1) is 12.7 Å². The van der Waals surface area contributed by atoms with Crippen molar-refractivity contribution in [3.63, 3.8) is 0 Å². The van der Waals surface area contributed by atoms with Gasteiger partial charge in [0.25, 0.3) is 5.91 Å². The Morgan fingerprint density at radius 3 is 2.26 bits per heavy atom. The molecule has 1 saturated heterocycles. The highest BCUT2D eigenvalue weighted by Gasteiger charge is 2.29. The Kier molecular flexibility index (Phi) is 6.47. The molecule has 1 aliphatic heterocycles. The normalized spacial score (nSPS) is 15.4. The van der Waals surface area contributed by atoms with Gasteiger partial charge in [-0.25, -0.2) is 9.78 Å². The van der Waals surface area contributed by atoms with Crippen molar-refractivity contribution in [3.8, 4) is 11.1 Å². The molecule has 5 rings (SSSR count). The molecule has 2 heterocycles. The maximum Gasteiger partial charge on any atom is 0.413 e. The number of aromatic nitrogens is 1. The smallest absolute Gasteiger partial charge is 0.413 e. The van der Waals surface area contributed by atoms with Crippen LogP contribution in [0.2, 0.25) is 0 Å². The quantitative estimate of drug-likeness (QED) is 0.543. The second-order valence-electron chi connectivity index (χ2n) is 8.44. The molecule has 0 unspecified atom stereocenters. The third-order valence-corrected chi connectivity index (χ3v) is 7.19. The van der Waals surface area contributed by atoms with Crippen molar-refractivity contribution in [3.05, 3.63) is 70.7 Å². The number of piperazine rings is 1. The van der Waals surface area contributed by atoms with Crippen LogP contribution < -0.4 is 5.32 Å². The van der Waals surface area contributed by atoms with Gasteiger partial charge in [0.1, 0.15) is 11.5 Å². The highest BCUT2D eigenvalue weighted by molar-refractivity contribution is 7.17. The average molecular weight is 493 g/mol. The number of carbonyl (C=O) groups is 3. The van der Waals surface area contributed by atoms with Crippen LogP contribution in [-0.2, 0) is 9.53 Å². The topological polar surface area (TPSA) is 112 Å². The Labute approximate surface area is 206 Å². The van der Waals surface area contributed by atoms with Gasteiger partial charge in [0.15, 0.2) is 5.13 Å². The lowest BCUT2D eigenvalue weighted by atomic mass is 9.98. The molecule has 1 aliphatic carbocycles. The molecule has 0 saturated carbocycles. The van der Waals surface area contributed by atoms with Crippen LogP contribution in [0.1, 0.15) is 26.7 Å². The molecule has 2 amide bonds. The Morgan fingerprint density at radius 2 is 1.63 bits per heavy atom. The molecule has 35 heavy (non-hydrogen) atoms. The molecule has 0 bridgehead atoms. The van der Waals surface area contributed by atoms with Crippen molar-refractivity contribution >= 4 is 34.4 Å². The van der Waals surface area contributed by atoms with Gasteiger partial charge in [0.2, 0.25) is 0 Å². The Balaban J connectivity index is 1.16. The third-order valence-electron chi connectivity index (χ3n) is 6.29. The lowest BCUT2D eigenvalue weighted by Gasteiger charge is -2.33. The van der Waals surface area contributed by atoms with E-state index in [9.17, 15) is 14.4 Å². The number of carbonyl (C=O) groups excluding carboxylic acids is 2. The zero-order chi connectivity index (χ0) is 24.4. The first-order chi connectivity index (χ1) is 17.0. The first-order valence-corrected chi connectivity index (χ1v) is 12.1. The van der Waals surface area contributed by atoms with Crippen LogP contribution in [0.4, 0.5) is 9.93 Å². The molecular formula is C25H24N4O5S. The number of hydrogen-bond donors (Lipinski definition) is 2. The minimum absolute atomic E-state index is 0.0310. The van der Waals surface area contributed by atoms with E-state index in [1.807, 2.05) is 24.3 Å². The minimum Gasteiger partial charge on any atom is -0.480 e. The van der Waals surface area contributed by atoms with E-state index in [0.717, 1.165) is 33.6 Å². The molecule has 10 heteroatoms. The van der Waals surface area contributed by atoms with Gasteiger partial charge in [-0.2, -0.15) is 0 Å². The highest BCUT2D eigenvalue weighted by Crippen LogP contribution is 2.44. The maximum atomic E-state index is 12.8. The van der Waals surface area contributed by atoms with Crippen LogP contribution in [0.5, 0.6) is 0 Å². The number of nitrogens with one attached hydrogen (secondary N) is 1. The zero-order valence-electron chi connectivity index (χ0n) is 18.8. The van der Waals surface area contributed by atoms with Crippen molar-refractivity contribution in [2.75, 3.05) is 44.6 Å². The lowest BCUT2D eigenvalue weighted by molar-refractivity contribution is -0.138. The van der Waals surface area contributed by atoms with Gasteiger partial charge in [-0.05, 0) is 22.3 Å². The Bertz CT molecular complexity index is 1220. The number of ether oxygens (including phenoxy) is 1. The molecule has 2 aliphatic rings. The Hall–Kier alpha value is -3.76. The van der Waals surface area contributed by atoms with E-state index in [1.54, 1.807) is 9.80 Å². The van der Waals surface area contributed by atoms with Gasteiger partial charge in [-0.3, -0.25) is 19.8 Å². The number of rotatable bonds is 6. The summed E-state index contributed by atoms with van der Waals surface area (Å²) in [7, 11) is 0. The monoisotopic (exact) mass is 492 g/mol. The van der Waals surface area contributed by atoms with Crippen molar-refractivity contribution in [2.24, 2.45) is 0 Å². The van der Waals surface area contributed by atoms with Crippen LogP contribution in [0.3, 0.4) is 0 Å². The van der Waals surface area contributed by atoms with E-state index in [2.05, 4.69) is 34.6 Å². The summed E-state index contributed by atoms with van der Waals surface area (Å²) in [5.74, 6) is -1.10. The molecule has 1 aromatic heterocycles. The van der Waals surface area contributed by atoms with Crippen LogP contribution in [0, 0.1) is 0 Å². The molecule has 1 fully saturated rings. The van der Waals surface area contributed by atoms with Crippen molar-refractivity contribution in [2.45, 2.75) is 5.92 Å². The van der Waals surface area contributed by atoms with Crippen molar-refractivity contribution < 1.29 is 24.2 Å². The summed E-state index contributed by atoms with van der Waals surface area (Å²) in [4.78, 5) is 44.1. The summed E-state index contributed by atoms with van der Waals surface area (Å²) in [6, 6.07) is 16.2. The van der Waals surface area contributed by atoms with Crippen LogP contribution >= 0.6 is 11.3 Å². The number of benzene rings is 2. The van der Waals surface area contributed by atoms with Gasteiger partial charge < -0.3 is 14.7 Å². The second kappa shape index (κ2) is 9.85. The molecular weight excluding hydrogens is 468 g/mol. The van der Waals surface area contributed by atoms with E-state index in [-0.39, 0.29) is 30.1 Å². The first-order valence-electron chi connectivity index (χ1n) is 11.3. The predicted octanol–water partition coefficient (Wildman–Crippen LogP) is 3.35. The van der Waals surface area contributed by atoms with Crippen molar-refractivity contribution in [1.29, 1.82) is 0 Å². The summed E-state index contributed by atoms with van der Waals surface area (Å²) in [6.45, 7) is 2.05. The lowest BCUT2D eigenvalue weighted by Crippen LogP contribution is -2.49. The van der Waals surface area contributed by atoms with Crippen LogP contribution in [0.25, 0.3) is 11.1 Å². The first kappa shape index (κ1) is 23.0. The van der Waals surface area contributed by atoms with Gasteiger partial charge in [-0.15, -0.1) is 0 Å². The third kappa shape index (κ3) is 4.89. The predicted molar refractivity (Wildman–Crippen MR) is 131 cm³/mol. The minimum atomic E-state index is -0.879. The molecule has 0 radical (unpaired) electrons. The van der Waals surface area contributed by atoms with E-state index < -0.39 is 12.1 Å². The number of aliphatic carboxylic acids is 1. The second-order valence-corrected chi connectivity index (χ2v) is 9.47. The van der Waals surface area contributed by atoms with Gasteiger partial charge in [0, 0.05) is 32.1 Å². The van der Waals surface area contributed by atoms with Gasteiger partial charge in [-0.1, -0.05) is 59.9 Å². The fourth-order valence-electron chi connectivity index (χ4n) is 4.61. The van der Waals surface area contributed by atoms with Crippen LogP contribution in [0.15, 0.2) is 54.7 Å². The molecule has 0 atom stereocenters. The number of hydrogen-bond acceptors (Lipinski definition) is 7. The number of carboxylic acid groups (broad SMARTS) is 1. The van der Waals surface area contributed by atoms with E-state index in [4.69, 9.17) is 9.84 Å². The summed E-state index contributed by atoms with van der Waals surface area (Å²) in [5.41, 5.74) is 4.58. The molecule has 180 valence electrons. The van der Waals surface area contributed by atoms with Crippen molar-refractivity contribution in [1.82, 2.24) is 14.8 Å². The number of carboxylic acids is 1. The number of fused-ring (bicyclic) bond motifs is 3. The summed E-state index contributed by atoms with van der Waals surface area (Å²) < 4.78 is 5.54. The highest BCUT2D eigenvalue weighted by atomic mass is 32.1. The zero-order valence-corrected chi connectivity index (χ0v) is 19.7. The molecule has 3 aromatic rings. The number of amides is 2. The van der Waals surface area contributed by atoms with E-state index >= 15 is 0 Å². The van der Waals surface area contributed by atoms with Gasteiger partial charge >= 0.3 is 12.1 Å². The number of nitrogens with zero attached hydrogens (tertiary/aromatic N) is 3. The van der Waals surface area contributed by atoms with E-state index in [1.165, 1.54) is 6.20 Å². The maximum absolute atomic E-state index is 12.8. The number of anilines is 1. The Morgan fingerprint density at radius 1 is 1.00 bits per heavy atom. The molecule has 2 N–H and O–H groups in total. The molecule has 2 aromatic carbocycles.